The van der Waals surface area contributed by atoms with E-state index in [1.807, 2.05) is 54.6 Å². The quantitative estimate of drug-likeness (QED) is 0.403. The largest absolute Gasteiger partial charge is 0.508 e. The van der Waals surface area contributed by atoms with Gasteiger partial charge in [0.25, 0.3) is 0 Å². The molecule has 160 valence electrons. The van der Waals surface area contributed by atoms with Crippen LogP contribution >= 0.6 is 31.9 Å². The first kappa shape index (κ1) is 21.9. The van der Waals surface area contributed by atoms with Crippen molar-refractivity contribution in [3.8, 4) is 17.2 Å². The Labute approximate surface area is 198 Å². The second-order valence-electron chi connectivity index (χ2n) is 7.22. The number of benzene rings is 3. The van der Waals surface area contributed by atoms with Crippen molar-refractivity contribution in [2.45, 2.75) is 18.6 Å². The minimum absolute atomic E-state index is 0.148. The van der Waals surface area contributed by atoms with Crippen LogP contribution in [0.1, 0.15) is 35.3 Å². The molecule has 31 heavy (non-hydrogen) atoms. The van der Waals surface area contributed by atoms with Crippen LogP contribution in [0.2, 0.25) is 0 Å². The third kappa shape index (κ3) is 4.79. The van der Waals surface area contributed by atoms with E-state index in [0.29, 0.717) is 6.42 Å². The zero-order valence-corrected chi connectivity index (χ0v) is 20.3. The van der Waals surface area contributed by atoms with Gasteiger partial charge in [0.15, 0.2) is 0 Å². The van der Waals surface area contributed by atoms with Crippen molar-refractivity contribution >= 4 is 37.6 Å². The normalized spacial score (nSPS) is 18.4. The highest BCUT2D eigenvalue weighted by Gasteiger charge is 2.29. The summed E-state index contributed by atoms with van der Waals surface area (Å²) in [5, 5.41) is 14.2. The van der Waals surface area contributed by atoms with Crippen molar-refractivity contribution < 1.29 is 14.6 Å². The maximum absolute atomic E-state index is 10.6. The fourth-order valence-corrected chi connectivity index (χ4v) is 4.52. The lowest BCUT2D eigenvalue weighted by Gasteiger charge is -2.31. The number of nitrogens with zero attached hydrogens (tertiary/aromatic N) is 1. The lowest BCUT2D eigenvalue weighted by Crippen LogP contribution is -2.33. The number of aliphatic imine (C=N–C) groups is 1. The van der Waals surface area contributed by atoms with Gasteiger partial charge in [-0.25, -0.2) is 0 Å². The molecule has 0 fully saturated rings. The third-order valence-electron chi connectivity index (χ3n) is 5.30. The number of phenols is 1. The van der Waals surface area contributed by atoms with Crippen LogP contribution in [0.5, 0.6) is 17.2 Å². The molecule has 0 amide bonds. The highest BCUT2D eigenvalue weighted by atomic mass is 79.9. The van der Waals surface area contributed by atoms with Gasteiger partial charge in [-0.05, 0) is 54.1 Å². The first-order valence-electron chi connectivity index (χ1n) is 9.77. The van der Waals surface area contributed by atoms with Gasteiger partial charge in [-0.2, -0.15) is 0 Å². The van der Waals surface area contributed by atoms with Gasteiger partial charge in [0.2, 0.25) is 0 Å². The number of phenolic OH excluding ortho intramolecular Hbond substituents is 1. The second kappa shape index (κ2) is 9.42. The van der Waals surface area contributed by atoms with Gasteiger partial charge in [0.05, 0.1) is 14.2 Å². The molecule has 0 aromatic heterocycles. The predicted octanol–water partition coefficient (Wildman–Crippen LogP) is 6.16. The van der Waals surface area contributed by atoms with Crippen molar-refractivity contribution in [1.82, 2.24) is 5.32 Å². The van der Waals surface area contributed by atoms with E-state index in [0.717, 1.165) is 42.8 Å². The van der Waals surface area contributed by atoms with E-state index >= 15 is 0 Å². The first-order valence-corrected chi connectivity index (χ1v) is 11.4. The fraction of sp³-hybridized carbons (Fsp3) is 0.208. The number of nitrogens with one attached hydrogen (secondary N) is 1. The second-order valence-corrected chi connectivity index (χ2v) is 9.05. The molecule has 5 nitrogen and oxygen atoms in total. The minimum Gasteiger partial charge on any atom is -0.508 e. The molecule has 0 radical (unpaired) electrons. The molecule has 0 spiro atoms. The molecule has 4 rings (SSSR count). The number of rotatable bonds is 5. The molecule has 1 aliphatic heterocycles. The maximum atomic E-state index is 10.6. The van der Waals surface area contributed by atoms with Crippen molar-refractivity contribution in [3.63, 3.8) is 0 Å². The topological polar surface area (TPSA) is 63.1 Å². The Balaban J connectivity index is 1.83. The van der Waals surface area contributed by atoms with E-state index < -0.39 is 0 Å². The molecular formula is C24H22Br2N2O3. The summed E-state index contributed by atoms with van der Waals surface area (Å²) in [5.74, 6) is 1.76. The summed E-state index contributed by atoms with van der Waals surface area (Å²) in [6.07, 6.45) is 0.259. The fourth-order valence-electron chi connectivity index (χ4n) is 3.77. The van der Waals surface area contributed by atoms with Crippen molar-refractivity contribution in [2.75, 3.05) is 14.2 Å². The molecule has 1 aliphatic rings. The zero-order chi connectivity index (χ0) is 22.0. The number of methoxy groups -OCH3 is 2. The lowest BCUT2D eigenvalue weighted by molar-refractivity contribution is 0.380. The van der Waals surface area contributed by atoms with Crippen LogP contribution in [0.25, 0.3) is 0 Å². The Hall–Kier alpha value is -2.35. The first-order chi connectivity index (χ1) is 15.0. The summed E-state index contributed by atoms with van der Waals surface area (Å²) in [5.41, 5.74) is 3.63. The molecule has 0 bridgehead atoms. The number of ether oxygens (including phenoxy) is 2. The van der Waals surface area contributed by atoms with E-state index in [9.17, 15) is 5.11 Å². The van der Waals surface area contributed by atoms with Crippen LogP contribution < -0.4 is 14.8 Å². The summed E-state index contributed by atoms with van der Waals surface area (Å²) in [7, 11) is 3.31. The molecule has 0 saturated heterocycles. The zero-order valence-electron chi connectivity index (χ0n) is 17.1. The van der Waals surface area contributed by atoms with Gasteiger partial charge in [-0.1, -0.05) is 44.0 Å². The molecule has 0 saturated carbocycles. The van der Waals surface area contributed by atoms with Gasteiger partial charge in [0.1, 0.15) is 23.4 Å². The van der Waals surface area contributed by atoms with Gasteiger partial charge in [0, 0.05) is 38.2 Å². The maximum Gasteiger partial charge on any atom is 0.130 e. The van der Waals surface area contributed by atoms with E-state index in [4.69, 9.17) is 14.5 Å². The summed E-state index contributed by atoms with van der Waals surface area (Å²) in [6.45, 7) is 0. The van der Waals surface area contributed by atoms with Crippen LogP contribution in [0.15, 0.2) is 74.6 Å². The van der Waals surface area contributed by atoms with E-state index in [-0.39, 0.29) is 18.0 Å². The minimum atomic E-state index is -0.356. The Bertz CT molecular complexity index is 1130. The van der Waals surface area contributed by atoms with Gasteiger partial charge < -0.3 is 14.6 Å². The lowest BCUT2D eigenvalue weighted by atomic mass is 9.93. The molecule has 2 atom stereocenters. The average Bonchev–Trinajstić information content (AvgIpc) is 2.80. The van der Waals surface area contributed by atoms with Crippen molar-refractivity contribution in [1.29, 1.82) is 0 Å². The molecule has 1 heterocycles. The molecule has 0 aliphatic carbocycles. The standard InChI is InChI=1S/C24H22Br2N2O3/c1-30-17-5-3-4-14(10-17)20-13-21(18-11-15(25)6-8-22(18)29)28-24(27-20)19-12-16(26)7-9-23(19)31-2/h3-12,21,24,28-29H,13H2,1-2H3/t21-,24+/m1/s1. The van der Waals surface area contributed by atoms with Crippen LogP contribution in [-0.2, 0) is 0 Å². The van der Waals surface area contributed by atoms with Crippen LogP contribution in [0, 0.1) is 0 Å². The molecule has 7 heteroatoms. The number of hydrogen-bond acceptors (Lipinski definition) is 5. The van der Waals surface area contributed by atoms with Crippen LogP contribution in [0.3, 0.4) is 0 Å². The highest BCUT2D eigenvalue weighted by Crippen LogP contribution is 2.38. The Morgan fingerprint density at radius 3 is 2.42 bits per heavy atom. The third-order valence-corrected chi connectivity index (χ3v) is 6.28. The summed E-state index contributed by atoms with van der Waals surface area (Å²) >= 11 is 7.08. The highest BCUT2D eigenvalue weighted by molar-refractivity contribution is 9.10. The number of hydrogen-bond donors (Lipinski definition) is 2. The van der Waals surface area contributed by atoms with Crippen molar-refractivity contribution in [2.24, 2.45) is 4.99 Å². The molecule has 3 aromatic rings. The summed E-state index contributed by atoms with van der Waals surface area (Å²) in [4.78, 5) is 5.03. The predicted molar refractivity (Wildman–Crippen MR) is 129 cm³/mol. The number of aromatic hydroxyl groups is 1. The average molecular weight is 546 g/mol. The smallest absolute Gasteiger partial charge is 0.130 e. The van der Waals surface area contributed by atoms with Gasteiger partial charge in [-0.3, -0.25) is 10.3 Å². The molecule has 3 aromatic carbocycles. The Kier molecular flexibility index (Phi) is 6.65. The van der Waals surface area contributed by atoms with E-state index in [2.05, 4.69) is 37.2 Å². The van der Waals surface area contributed by atoms with Gasteiger partial charge >= 0.3 is 0 Å². The molecular weight excluding hydrogens is 524 g/mol. The Morgan fingerprint density at radius 1 is 0.935 bits per heavy atom. The SMILES string of the molecule is COc1cccc(C2=N[C@H](c3cc(Br)ccc3OC)N[C@@H](c3cc(Br)ccc3O)C2)c1. The van der Waals surface area contributed by atoms with Crippen LogP contribution in [0.4, 0.5) is 0 Å². The van der Waals surface area contributed by atoms with Crippen molar-refractivity contribution in [3.05, 3.63) is 86.3 Å². The summed E-state index contributed by atoms with van der Waals surface area (Å²) in [6, 6.07) is 19.1. The van der Waals surface area contributed by atoms with E-state index in [1.165, 1.54) is 0 Å². The summed E-state index contributed by atoms with van der Waals surface area (Å²) < 4.78 is 12.9. The molecule has 0 unspecified atom stereocenters. The van der Waals surface area contributed by atoms with E-state index in [1.54, 1.807) is 20.3 Å². The number of halogens is 2. The monoisotopic (exact) mass is 544 g/mol. The molecule has 2 N–H and O–H groups in total. The Morgan fingerprint density at radius 2 is 1.68 bits per heavy atom. The van der Waals surface area contributed by atoms with Crippen LogP contribution in [-0.4, -0.2) is 25.0 Å². The van der Waals surface area contributed by atoms with Gasteiger partial charge in [-0.15, -0.1) is 0 Å².